The molecule has 0 aromatic heterocycles. The Labute approximate surface area is 78.6 Å². The summed E-state index contributed by atoms with van der Waals surface area (Å²) in [5.41, 5.74) is 1.51. The van der Waals surface area contributed by atoms with Crippen LogP contribution in [-0.2, 0) is 0 Å². The summed E-state index contributed by atoms with van der Waals surface area (Å²) in [4.78, 5) is 0. The van der Waals surface area contributed by atoms with Crippen LogP contribution in [0.3, 0.4) is 0 Å². The zero-order valence-corrected chi connectivity index (χ0v) is 7.93. The van der Waals surface area contributed by atoms with E-state index in [4.69, 9.17) is 11.6 Å². The van der Waals surface area contributed by atoms with Gasteiger partial charge >= 0.3 is 0 Å². The molecule has 12 heavy (non-hydrogen) atoms. The summed E-state index contributed by atoms with van der Waals surface area (Å²) in [7, 11) is 0. The second-order valence-corrected chi connectivity index (χ2v) is 3.53. The molecule has 0 spiro atoms. The number of aliphatic hydroxyl groups excluding tert-OH is 1. The molecular formula is C9H16ClNO. The van der Waals surface area contributed by atoms with Crippen molar-refractivity contribution >= 4 is 11.6 Å². The third-order valence-electron chi connectivity index (χ3n) is 2.38. The number of rotatable bonds is 4. The summed E-state index contributed by atoms with van der Waals surface area (Å²) in [6.07, 6.45) is 5.07. The Morgan fingerprint density at radius 2 is 2.33 bits per heavy atom. The van der Waals surface area contributed by atoms with Crippen LogP contribution < -0.4 is 5.32 Å². The normalized spacial score (nSPS) is 30.2. The highest BCUT2D eigenvalue weighted by molar-refractivity contribution is 6.25. The molecule has 2 N–H and O–H groups in total. The van der Waals surface area contributed by atoms with E-state index < -0.39 is 0 Å². The molecule has 2 atom stereocenters. The molecule has 2 nitrogen and oxygen atoms in total. The number of hydrogen-bond acceptors (Lipinski definition) is 2. The third-order valence-corrected chi connectivity index (χ3v) is 2.55. The quantitative estimate of drug-likeness (QED) is 0.657. The molecule has 0 aliphatic heterocycles. The average molecular weight is 190 g/mol. The summed E-state index contributed by atoms with van der Waals surface area (Å²) in [5, 5.41) is 12.7. The zero-order valence-electron chi connectivity index (χ0n) is 7.17. The molecule has 0 aromatic carbocycles. The van der Waals surface area contributed by atoms with Crippen molar-refractivity contribution in [3.8, 4) is 0 Å². The summed E-state index contributed by atoms with van der Waals surface area (Å²) < 4.78 is 0. The van der Waals surface area contributed by atoms with Gasteiger partial charge in [-0.05, 0) is 18.8 Å². The highest BCUT2D eigenvalue weighted by Gasteiger charge is 2.24. The van der Waals surface area contributed by atoms with Crippen LogP contribution in [0.2, 0.25) is 0 Å². The van der Waals surface area contributed by atoms with Crippen molar-refractivity contribution in [1.82, 2.24) is 5.32 Å². The molecule has 0 aromatic rings. The summed E-state index contributed by atoms with van der Waals surface area (Å²) >= 11 is 5.36. The van der Waals surface area contributed by atoms with Gasteiger partial charge in [-0.3, -0.25) is 0 Å². The van der Waals surface area contributed by atoms with Crippen molar-refractivity contribution in [3.63, 3.8) is 0 Å². The van der Waals surface area contributed by atoms with Crippen LogP contribution >= 0.6 is 11.6 Å². The van der Waals surface area contributed by atoms with Crippen LogP contribution in [0.5, 0.6) is 0 Å². The Kier molecular flexibility index (Phi) is 4.66. The van der Waals surface area contributed by atoms with E-state index in [0.717, 1.165) is 25.9 Å². The lowest BCUT2D eigenvalue weighted by atomic mass is 10.1. The van der Waals surface area contributed by atoms with Gasteiger partial charge in [0.1, 0.15) is 0 Å². The van der Waals surface area contributed by atoms with Crippen LogP contribution in [-0.4, -0.2) is 24.3 Å². The number of halogens is 1. The second-order valence-electron chi connectivity index (χ2n) is 3.28. The Morgan fingerprint density at radius 1 is 1.50 bits per heavy atom. The van der Waals surface area contributed by atoms with Gasteiger partial charge in [-0.2, -0.15) is 0 Å². The molecule has 3 heteroatoms. The number of hydrogen-bond donors (Lipinski definition) is 2. The largest absolute Gasteiger partial charge is 0.393 e. The number of aliphatic hydroxyl groups is 1. The SMILES string of the molecule is OC1CCCC1CNC/C=C/Cl. The maximum atomic E-state index is 9.46. The van der Waals surface area contributed by atoms with E-state index in [1.54, 1.807) is 0 Å². The molecule has 1 rings (SSSR count). The highest BCUT2D eigenvalue weighted by atomic mass is 35.5. The van der Waals surface area contributed by atoms with Gasteiger partial charge in [-0.1, -0.05) is 24.1 Å². The van der Waals surface area contributed by atoms with Crippen LogP contribution in [0.1, 0.15) is 19.3 Å². The Morgan fingerprint density at radius 3 is 2.92 bits per heavy atom. The minimum Gasteiger partial charge on any atom is -0.393 e. The Balaban J connectivity index is 2.06. The van der Waals surface area contributed by atoms with Gasteiger partial charge in [-0.25, -0.2) is 0 Å². The minimum atomic E-state index is -0.0857. The monoisotopic (exact) mass is 189 g/mol. The fraction of sp³-hybridized carbons (Fsp3) is 0.778. The van der Waals surface area contributed by atoms with Gasteiger partial charge in [0.15, 0.2) is 0 Å². The number of nitrogens with one attached hydrogen (secondary N) is 1. The van der Waals surface area contributed by atoms with Crippen LogP contribution in [0.4, 0.5) is 0 Å². The van der Waals surface area contributed by atoms with Crippen molar-refractivity contribution < 1.29 is 5.11 Å². The maximum absolute atomic E-state index is 9.46. The van der Waals surface area contributed by atoms with Gasteiger partial charge in [-0.15, -0.1) is 0 Å². The smallest absolute Gasteiger partial charge is 0.0580 e. The minimum absolute atomic E-state index is 0.0857. The van der Waals surface area contributed by atoms with Gasteiger partial charge in [0.2, 0.25) is 0 Å². The fourth-order valence-electron chi connectivity index (χ4n) is 1.65. The maximum Gasteiger partial charge on any atom is 0.0580 e. The van der Waals surface area contributed by atoms with E-state index in [-0.39, 0.29) is 6.10 Å². The predicted molar refractivity (Wildman–Crippen MR) is 51.2 cm³/mol. The Hall–Kier alpha value is -0.0500. The third kappa shape index (κ3) is 3.13. The zero-order chi connectivity index (χ0) is 8.81. The standard InChI is InChI=1S/C9H16ClNO/c10-5-2-6-11-7-8-3-1-4-9(8)12/h2,5,8-9,11-12H,1,3-4,6-7H2/b5-2+. The molecular weight excluding hydrogens is 174 g/mol. The van der Waals surface area contributed by atoms with Crippen LogP contribution in [0.15, 0.2) is 11.6 Å². The molecule has 0 amide bonds. The molecule has 1 saturated carbocycles. The predicted octanol–water partition coefficient (Wildman–Crippen LogP) is 1.49. The molecule has 1 fully saturated rings. The van der Waals surface area contributed by atoms with Gasteiger partial charge in [0.25, 0.3) is 0 Å². The molecule has 1 aliphatic carbocycles. The van der Waals surface area contributed by atoms with Gasteiger partial charge < -0.3 is 10.4 Å². The van der Waals surface area contributed by atoms with Crippen molar-refractivity contribution in [2.24, 2.45) is 5.92 Å². The van der Waals surface area contributed by atoms with E-state index in [2.05, 4.69) is 5.32 Å². The van der Waals surface area contributed by atoms with Crippen LogP contribution in [0.25, 0.3) is 0 Å². The van der Waals surface area contributed by atoms with Crippen LogP contribution in [0, 0.1) is 5.92 Å². The fourth-order valence-corrected chi connectivity index (χ4v) is 1.74. The summed E-state index contributed by atoms with van der Waals surface area (Å²) in [6, 6.07) is 0. The lowest BCUT2D eigenvalue weighted by Crippen LogP contribution is -2.27. The molecule has 1 aliphatic rings. The summed E-state index contributed by atoms with van der Waals surface area (Å²) in [5.74, 6) is 0.453. The Bertz CT molecular complexity index is 149. The van der Waals surface area contributed by atoms with E-state index in [0.29, 0.717) is 5.92 Å². The molecule has 0 bridgehead atoms. The second kappa shape index (κ2) is 5.57. The van der Waals surface area contributed by atoms with Gasteiger partial charge in [0, 0.05) is 18.6 Å². The van der Waals surface area contributed by atoms with E-state index in [9.17, 15) is 5.11 Å². The van der Waals surface area contributed by atoms with E-state index in [1.807, 2.05) is 6.08 Å². The van der Waals surface area contributed by atoms with Crippen molar-refractivity contribution in [1.29, 1.82) is 0 Å². The molecule has 0 radical (unpaired) electrons. The average Bonchev–Trinajstić information content (AvgIpc) is 2.46. The molecule has 70 valence electrons. The lowest BCUT2D eigenvalue weighted by Gasteiger charge is -2.13. The first kappa shape index (κ1) is 10.0. The van der Waals surface area contributed by atoms with E-state index in [1.165, 1.54) is 12.0 Å². The van der Waals surface area contributed by atoms with Crippen molar-refractivity contribution in [2.75, 3.05) is 13.1 Å². The molecule has 0 heterocycles. The molecule has 0 saturated heterocycles. The molecule has 2 unspecified atom stereocenters. The highest BCUT2D eigenvalue weighted by Crippen LogP contribution is 2.24. The first-order valence-corrected chi connectivity index (χ1v) is 4.92. The van der Waals surface area contributed by atoms with E-state index >= 15 is 0 Å². The first-order valence-electron chi connectivity index (χ1n) is 4.48. The van der Waals surface area contributed by atoms with Gasteiger partial charge in [0.05, 0.1) is 6.10 Å². The summed E-state index contributed by atoms with van der Waals surface area (Å²) in [6.45, 7) is 1.70. The van der Waals surface area contributed by atoms with Crippen molar-refractivity contribution in [3.05, 3.63) is 11.6 Å². The topological polar surface area (TPSA) is 32.3 Å². The van der Waals surface area contributed by atoms with Crippen molar-refractivity contribution in [2.45, 2.75) is 25.4 Å². The first-order chi connectivity index (χ1) is 5.84. The lowest BCUT2D eigenvalue weighted by molar-refractivity contribution is 0.132.